The number of hydrogen-bond donors (Lipinski definition) is 1. The number of ether oxygens (including phenoxy) is 1. The van der Waals surface area contributed by atoms with Gasteiger partial charge in [-0.3, -0.25) is 4.21 Å². The van der Waals surface area contributed by atoms with E-state index in [0.717, 1.165) is 4.90 Å². The fraction of sp³-hybridized carbons (Fsp3) is 0.500. The Morgan fingerprint density at radius 1 is 1.38 bits per heavy atom. The Morgan fingerprint density at radius 3 is 2.62 bits per heavy atom. The lowest BCUT2D eigenvalue weighted by Gasteiger charge is -2.19. The van der Waals surface area contributed by atoms with Gasteiger partial charge in [0.25, 0.3) is 0 Å². The molecule has 1 aromatic carbocycles. The summed E-state index contributed by atoms with van der Waals surface area (Å²) in [5.74, 6) is 0.501. The van der Waals surface area contributed by atoms with E-state index in [9.17, 15) is 4.21 Å². The van der Waals surface area contributed by atoms with Crippen LogP contribution in [0.2, 0.25) is 0 Å². The van der Waals surface area contributed by atoms with Crippen LogP contribution in [0.25, 0.3) is 0 Å². The fourth-order valence-electron chi connectivity index (χ4n) is 1.20. The van der Waals surface area contributed by atoms with Crippen LogP contribution in [0, 0.1) is 0 Å². The zero-order valence-corrected chi connectivity index (χ0v) is 10.8. The lowest BCUT2D eigenvalue weighted by molar-refractivity contribution is 0.00669. The fourth-order valence-corrected chi connectivity index (χ4v) is 2.17. The quantitative estimate of drug-likeness (QED) is 0.822. The van der Waals surface area contributed by atoms with E-state index in [1.54, 1.807) is 12.1 Å². The van der Waals surface area contributed by atoms with Crippen molar-refractivity contribution in [1.29, 1.82) is 0 Å². The van der Waals surface area contributed by atoms with Gasteiger partial charge in [0.15, 0.2) is 0 Å². The van der Waals surface area contributed by atoms with Crippen molar-refractivity contribution in [3.05, 3.63) is 24.3 Å². The number of benzene rings is 1. The van der Waals surface area contributed by atoms with Gasteiger partial charge >= 0.3 is 0 Å². The van der Waals surface area contributed by atoms with E-state index >= 15 is 0 Å². The van der Waals surface area contributed by atoms with Gasteiger partial charge in [0.05, 0.1) is 28.8 Å². The van der Waals surface area contributed by atoms with Crippen LogP contribution >= 0.6 is 0 Å². The summed E-state index contributed by atoms with van der Waals surface area (Å²) in [6.45, 7) is 6.44. The first-order chi connectivity index (χ1) is 7.38. The predicted octanol–water partition coefficient (Wildman–Crippen LogP) is 2.19. The summed E-state index contributed by atoms with van der Waals surface area (Å²) in [5.41, 5.74) is 6.09. The monoisotopic (exact) mass is 241 g/mol. The van der Waals surface area contributed by atoms with E-state index in [2.05, 4.69) is 0 Å². The highest BCUT2D eigenvalue weighted by molar-refractivity contribution is 7.85. The third kappa shape index (κ3) is 4.77. The molecule has 4 heteroatoms. The van der Waals surface area contributed by atoms with E-state index in [0.29, 0.717) is 18.0 Å². The molecule has 0 saturated heterocycles. The van der Waals surface area contributed by atoms with Crippen molar-refractivity contribution in [2.45, 2.75) is 31.3 Å². The number of nitrogens with two attached hydrogens (primary N) is 1. The SMILES string of the molecule is CC(C)(C)OCCS(=O)c1cccc(N)c1. The summed E-state index contributed by atoms with van der Waals surface area (Å²) < 4.78 is 17.4. The molecule has 0 spiro atoms. The second kappa shape index (κ2) is 5.46. The first kappa shape index (κ1) is 13.2. The summed E-state index contributed by atoms with van der Waals surface area (Å²) in [6, 6.07) is 7.16. The number of nitrogen functional groups attached to an aromatic ring is 1. The van der Waals surface area contributed by atoms with Gasteiger partial charge in [-0.05, 0) is 39.0 Å². The molecule has 0 aromatic heterocycles. The van der Waals surface area contributed by atoms with Crippen molar-refractivity contribution in [3.63, 3.8) is 0 Å². The normalized spacial score (nSPS) is 13.7. The maximum absolute atomic E-state index is 11.9. The van der Waals surface area contributed by atoms with Crippen LogP contribution in [0.5, 0.6) is 0 Å². The molecule has 0 fully saturated rings. The summed E-state index contributed by atoms with van der Waals surface area (Å²) >= 11 is 0. The van der Waals surface area contributed by atoms with Gasteiger partial charge in [-0.2, -0.15) is 0 Å². The van der Waals surface area contributed by atoms with Crippen LogP contribution in [0.15, 0.2) is 29.2 Å². The molecule has 90 valence electrons. The Morgan fingerprint density at radius 2 is 2.06 bits per heavy atom. The zero-order chi connectivity index (χ0) is 12.2. The van der Waals surface area contributed by atoms with E-state index in [1.165, 1.54) is 0 Å². The molecule has 1 aromatic rings. The van der Waals surface area contributed by atoms with E-state index < -0.39 is 10.8 Å². The molecule has 0 amide bonds. The molecule has 1 atom stereocenters. The van der Waals surface area contributed by atoms with Crippen LogP contribution in [-0.2, 0) is 15.5 Å². The van der Waals surface area contributed by atoms with Crippen molar-refractivity contribution in [1.82, 2.24) is 0 Å². The molecule has 0 aliphatic heterocycles. The summed E-state index contributed by atoms with van der Waals surface area (Å²) in [4.78, 5) is 0.762. The Labute approximate surface area is 99.4 Å². The highest BCUT2D eigenvalue weighted by Crippen LogP contribution is 2.12. The molecular weight excluding hydrogens is 222 g/mol. The number of hydrogen-bond acceptors (Lipinski definition) is 3. The first-order valence-corrected chi connectivity index (χ1v) is 6.58. The second-order valence-corrected chi connectivity index (χ2v) is 6.15. The van der Waals surface area contributed by atoms with Gasteiger partial charge in [0.1, 0.15) is 0 Å². The summed E-state index contributed by atoms with van der Waals surface area (Å²) in [5, 5.41) is 0. The highest BCUT2D eigenvalue weighted by Gasteiger charge is 2.11. The van der Waals surface area contributed by atoms with Gasteiger partial charge in [-0.1, -0.05) is 6.07 Å². The standard InChI is InChI=1S/C12H19NO2S/c1-12(2,3)15-7-8-16(14)11-6-4-5-10(13)9-11/h4-6,9H,7-8,13H2,1-3H3. The Balaban J connectivity index is 2.47. The van der Waals surface area contributed by atoms with Crippen molar-refractivity contribution < 1.29 is 8.95 Å². The maximum Gasteiger partial charge on any atom is 0.0598 e. The molecule has 0 saturated carbocycles. The van der Waals surface area contributed by atoms with Crippen molar-refractivity contribution in [2.75, 3.05) is 18.1 Å². The van der Waals surface area contributed by atoms with Gasteiger partial charge in [0.2, 0.25) is 0 Å². The predicted molar refractivity (Wildman–Crippen MR) is 67.8 cm³/mol. The Kier molecular flexibility index (Phi) is 4.50. The van der Waals surface area contributed by atoms with Crippen LogP contribution in [-0.4, -0.2) is 22.2 Å². The first-order valence-electron chi connectivity index (χ1n) is 5.26. The molecule has 3 nitrogen and oxygen atoms in total. The second-order valence-electron chi connectivity index (χ2n) is 4.58. The van der Waals surface area contributed by atoms with Gasteiger partial charge in [0, 0.05) is 10.6 Å². The molecule has 0 bridgehead atoms. The molecule has 1 rings (SSSR count). The summed E-state index contributed by atoms with van der Waals surface area (Å²) in [6.07, 6.45) is 0. The van der Waals surface area contributed by atoms with Crippen molar-refractivity contribution >= 4 is 16.5 Å². The average molecular weight is 241 g/mol. The van der Waals surface area contributed by atoms with Crippen LogP contribution < -0.4 is 5.73 Å². The van der Waals surface area contributed by atoms with Crippen molar-refractivity contribution in [3.8, 4) is 0 Å². The highest BCUT2D eigenvalue weighted by atomic mass is 32.2. The lowest BCUT2D eigenvalue weighted by atomic mass is 10.2. The van der Waals surface area contributed by atoms with Gasteiger partial charge < -0.3 is 10.5 Å². The topological polar surface area (TPSA) is 52.3 Å². The molecular formula is C12H19NO2S. The van der Waals surface area contributed by atoms with Crippen LogP contribution in [0.4, 0.5) is 5.69 Å². The third-order valence-corrected chi connectivity index (χ3v) is 3.24. The maximum atomic E-state index is 11.9. The van der Waals surface area contributed by atoms with Crippen LogP contribution in [0.1, 0.15) is 20.8 Å². The van der Waals surface area contributed by atoms with Gasteiger partial charge in [-0.15, -0.1) is 0 Å². The Hall–Kier alpha value is -0.870. The largest absolute Gasteiger partial charge is 0.399 e. The molecule has 0 radical (unpaired) electrons. The Bertz CT molecular complexity index is 372. The number of anilines is 1. The molecule has 16 heavy (non-hydrogen) atoms. The summed E-state index contributed by atoms with van der Waals surface area (Å²) in [7, 11) is -1.03. The van der Waals surface area contributed by atoms with E-state index in [-0.39, 0.29) is 5.60 Å². The third-order valence-electron chi connectivity index (χ3n) is 1.92. The molecule has 0 aliphatic carbocycles. The molecule has 0 heterocycles. The van der Waals surface area contributed by atoms with Crippen LogP contribution in [0.3, 0.4) is 0 Å². The number of rotatable bonds is 4. The van der Waals surface area contributed by atoms with Crippen molar-refractivity contribution in [2.24, 2.45) is 0 Å². The minimum Gasteiger partial charge on any atom is -0.399 e. The molecule has 2 N–H and O–H groups in total. The molecule has 1 unspecified atom stereocenters. The smallest absolute Gasteiger partial charge is 0.0598 e. The zero-order valence-electron chi connectivity index (χ0n) is 10.0. The van der Waals surface area contributed by atoms with E-state index in [1.807, 2.05) is 32.9 Å². The average Bonchev–Trinajstić information content (AvgIpc) is 2.15. The lowest BCUT2D eigenvalue weighted by Crippen LogP contribution is -2.22. The minimum atomic E-state index is -1.03. The molecule has 0 aliphatic rings. The minimum absolute atomic E-state index is 0.181. The van der Waals surface area contributed by atoms with Gasteiger partial charge in [-0.25, -0.2) is 0 Å². The van der Waals surface area contributed by atoms with E-state index in [4.69, 9.17) is 10.5 Å².